The molecule has 2 rings (SSSR count). The number of rotatable bonds is 1. The van der Waals surface area contributed by atoms with Gasteiger partial charge in [-0.2, -0.15) is 0 Å². The number of H-pyrrole nitrogens is 2. The van der Waals surface area contributed by atoms with Crippen LogP contribution in [0.4, 0.5) is 5.69 Å². The number of nitrogens with one attached hydrogen (secondary N) is 2. The van der Waals surface area contributed by atoms with Gasteiger partial charge in [0.15, 0.2) is 0 Å². The highest BCUT2D eigenvalue weighted by molar-refractivity contribution is 9.11. The molecule has 0 unspecified atom stereocenters. The molecule has 1 aromatic heterocycles. The Bertz CT molecular complexity index is 749. The first-order valence-electron chi connectivity index (χ1n) is 4.20. The molecule has 1 aromatic carbocycles. The van der Waals surface area contributed by atoms with Gasteiger partial charge in [-0.05, 0) is 37.9 Å². The minimum absolute atomic E-state index is 0.0974. The summed E-state index contributed by atoms with van der Waals surface area (Å²) in [5.74, 6) is 0. The van der Waals surface area contributed by atoms with Crippen molar-refractivity contribution in [1.29, 1.82) is 0 Å². The highest BCUT2D eigenvalue weighted by Crippen LogP contribution is 2.36. The average Bonchev–Trinajstić information content (AvgIpc) is 2.21. The Kier molecular flexibility index (Phi) is 2.87. The summed E-state index contributed by atoms with van der Waals surface area (Å²) in [5, 5.41) is 10.8. The van der Waals surface area contributed by atoms with Gasteiger partial charge in [0, 0.05) is 0 Å². The summed E-state index contributed by atoms with van der Waals surface area (Å²) >= 11 is 6.05. The van der Waals surface area contributed by atoms with Crippen molar-refractivity contribution in [2.45, 2.75) is 0 Å². The highest BCUT2D eigenvalue weighted by Gasteiger charge is 2.21. The van der Waals surface area contributed by atoms with Gasteiger partial charge in [0.2, 0.25) is 0 Å². The van der Waals surface area contributed by atoms with E-state index in [4.69, 9.17) is 0 Å². The Morgan fingerprint density at radius 2 is 1.76 bits per heavy atom. The Labute approximate surface area is 109 Å². The number of nitro groups is 1. The molecule has 0 radical (unpaired) electrons. The molecule has 0 saturated heterocycles. The molecule has 0 aliphatic heterocycles. The topological polar surface area (TPSA) is 109 Å². The average molecular weight is 365 g/mol. The number of aromatic amines is 2. The first kappa shape index (κ1) is 12.0. The van der Waals surface area contributed by atoms with E-state index in [1.807, 2.05) is 0 Å². The number of nitro benzene ring substituents is 1. The Morgan fingerprint density at radius 3 is 2.35 bits per heavy atom. The Morgan fingerprint density at radius 1 is 1.18 bits per heavy atom. The Hall–Kier alpha value is -1.48. The van der Waals surface area contributed by atoms with E-state index < -0.39 is 16.0 Å². The maximum atomic E-state index is 11.1. The highest BCUT2D eigenvalue weighted by atomic mass is 79.9. The van der Waals surface area contributed by atoms with Crippen LogP contribution in [0.2, 0.25) is 0 Å². The molecular weight excluding hydrogens is 362 g/mol. The van der Waals surface area contributed by atoms with Crippen molar-refractivity contribution in [2.24, 2.45) is 0 Å². The first-order chi connectivity index (χ1) is 7.91. The molecule has 0 amide bonds. The second-order valence-electron chi connectivity index (χ2n) is 3.11. The van der Waals surface area contributed by atoms with Gasteiger partial charge in [-0.3, -0.25) is 19.7 Å². The number of fused-ring (bicyclic) bond motifs is 1. The molecule has 88 valence electrons. The molecule has 0 fully saturated rings. The van der Waals surface area contributed by atoms with Gasteiger partial charge in [-0.25, -0.2) is 0 Å². The van der Waals surface area contributed by atoms with Crippen molar-refractivity contribution in [3.05, 3.63) is 45.8 Å². The summed E-state index contributed by atoms with van der Waals surface area (Å²) in [5.41, 5.74) is -1.44. The molecule has 9 heteroatoms. The van der Waals surface area contributed by atoms with Crippen LogP contribution in [0.25, 0.3) is 11.0 Å². The lowest BCUT2D eigenvalue weighted by Crippen LogP contribution is -2.29. The quantitative estimate of drug-likeness (QED) is 0.455. The van der Waals surface area contributed by atoms with Crippen molar-refractivity contribution in [1.82, 2.24) is 9.97 Å². The maximum Gasteiger partial charge on any atom is 0.314 e. The number of hydrogen-bond acceptors (Lipinski definition) is 4. The fraction of sp³-hybridized carbons (Fsp3) is 0. The fourth-order valence-corrected chi connectivity index (χ4v) is 2.86. The van der Waals surface area contributed by atoms with Crippen LogP contribution in [0.15, 0.2) is 24.6 Å². The van der Waals surface area contributed by atoms with Gasteiger partial charge in [0.05, 0.1) is 20.4 Å². The van der Waals surface area contributed by atoms with Crippen molar-refractivity contribution in [3.8, 4) is 0 Å². The second-order valence-corrected chi connectivity index (χ2v) is 4.76. The number of benzene rings is 1. The zero-order chi connectivity index (χ0) is 12.7. The van der Waals surface area contributed by atoms with Crippen molar-refractivity contribution in [3.63, 3.8) is 0 Å². The third-order valence-corrected chi connectivity index (χ3v) is 3.45. The van der Waals surface area contributed by atoms with Gasteiger partial charge in [-0.1, -0.05) is 0 Å². The van der Waals surface area contributed by atoms with Crippen LogP contribution in [0, 0.1) is 10.1 Å². The van der Waals surface area contributed by atoms with E-state index in [0.29, 0.717) is 5.52 Å². The molecule has 0 bridgehead atoms. The van der Waals surface area contributed by atoms with E-state index in [1.165, 1.54) is 6.07 Å². The second kappa shape index (κ2) is 4.08. The van der Waals surface area contributed by atoms with E-state index in [0.717, 1.165) is 0 Å². The van der Waals surface area contributed by atoms with Crippen LogP contribution in [0.1, 0.15) is 0 Å². The van der Waals surface area contributed by atoms with Gasteiger partial charge in [0.25, 0.3) is 5.69 Å². The fourth-order valence-electron chi connectivity index (χ4n) is 1.35. The van der Waals surface area contributed by atoms with Crippen LogP contribution in [-0.2, 0) is 0 Å². The largest absolute Gasteiger partial charge is 0.316 e. The molecule has 0 aliphatic carbocycles. The van der Waals surface area contributed by atoms with Gasteiger partial charge in [0.1, 0.15) is 4.47 Å². The van der Waals surface area contributed by atoms with Gasteiger partial charge >= 0.3 is 11.1 Å². The lowest BCUT2D eigenvalue weighted by molar-refractivity contribution is -0.386. The molecular formula is C8H3Br2N3O4. The minimum Gasteiger partial charge on any atom is -0.316 e. The third kappa shape index (κ3) is 1.91. The summed E-state index contributed by atoms with van der Waals surface area (Å²) in [6.07, 6.45) is 0. The molecule has 0 saturated carbocycles. The summed E-state index contributed by atoms with van der Waals surface area (Å²) in [6.45, 7) is 0. The van der Waals surface area contributed by atoms with E-state index in [1.54, 1.807) is 0 Å². The molecule has 0 aliphatic rings. The van der Waals surface area contributed by atoms with Crippen LogP contribution in [-0.4, -0.2) is 14.9 Å². The number of nitrogens with zero attached hydrogens (tertiary/aromatic N) is 1. The third-order valence-electron chi connectivity index (χ3n) is 2.07. The molecule has 2 aromatic rings. The smallest absolute Gasteiger partial charge is 0.314 e. The molecule has 0 spiro atoms. The van der Waals surface area contributed by atoms with Crippen molar-refractivity contribution >= 4 is 48.6 Å². The number of aromatic nitrogens is 2. The van der Waals surface area contributed by atoms with Crippen LogP contribution in [0.5, 0.6) is 0 Å². The van der Waals surface area contributed by atoms with Crippen molar-refractivity contribution in [2.75, 3.05) is 0 Å². The summed E-state index contributed by atoms with van der Waals surface area (Å²) < 4.78 is 0.296. The standard InChI is InChI=1S/C8H3Br2N3O4/c9-2-1-3-5(4(10)6(2)13(16)17)12-8(15)7(14)11-3/h1H,(H,11,14)(H,12,15). The molecule has 2 N–H and O–H groups in total. The lowest BCUT2D eigenvalue weighted by atomic mass is 10.2. The summed E-state index contributed by atoms with van der Waals surface area (Å²) in [6, 6.07) is 1.36. The zero-order valence-corrected chi connectivity index (χ0v) is 11.1. The van der Waals surface area contributed by atoms with Crippen LogP contribution >= 0.6 is 31.9 Å². The zero-order valence-electron chi connectivity index (χ0n) is 7.91. The van der Waals surface area contributed by atoms with Gasteiger partial charge < -0.3 is 9.97 Å². The predicted molar refractivity (Wildman–Crippen MR) is 67.2 cm³/mol. The Balaban J connectivity index is 3.02. The van der Waals surface area contributed by atoms with Gasteiger partial charge in [-0.15, -0.1) is 0 Å². The monoisotopic (exact) mass is 363 g/mol. The number of hydrogen-bond donors (Lipinski definition) is 2. The van der Waals surface area contributed by atoms with E-state index in [-0.39, 0.29) is 20.1 Å². The molecule has 1 heterocycles. The maximum absolute atomic E-state index is 11.1. The first-order valence-corrected chi connectivity index (χ1v) is 5.79. The minimum atomic E-state index is -0.866. The van der Waals surface area contributed by atoms with E-state index >= 15 is 0 Å². The predicted octanol–water partition coefficient (Wildman–Crippen LogP) is 1.65. The van der Waals surface area contributed by atoms with E-state index in [2.05, 4.69) is 41.8 Å². The SMILES string of the molecule is O=c1[nH]c2cc(Br)c([N+](=O)[O-])c(Br)c2[nH]c1=O. The normalized spacial score (nSPS) is 10.7. The van der Waals surface area contributed by atoms with E-state index in [9.17, 15) is 19.7 Å². The molecule has 7 nitrogen and oxygen atoms in total. The summed E-state index contributed by atoms with van der Waals surface area (Å²) in [4.78, 5) is 37.1. The molecule has 17 heavy (non-hydrogen) atoms. The summed E-state index contributed by atoms with van der Waals surface area (Å²) in [7, 11) is 0. The molecule has 0 atom stereocenters. The van der Waals surface area contributed by atoms with Crippen LogP contribution < -0.4 is 11.1 Å². The van der Waals surface area contributed by atoms with Crippen molar-refractivity contribution < 1.29 is 4.92 Å². The van der Waals surface area contributed by atoms with Crippen LogP contribution in [0.3, 0.4) is 0 Å². The number of halogens is 2. The lowest BCUT2D eigenvalue weighted by Gasteiger charge is -2.03.